The molecule has 3 aliphatic carbocycles. The van der Waals surface area contributed by atoms with Gasteiger partial charge in [0.15, 0.2) is 0 Å². The normalized spacial score (nSPS) is 27.8. The first-order valence-electron chi connectivity index (χ1n) is 14.2. The summed E-state index contributed by atoms with van der Waals surface area (Å²) in [5, 5.41) is 25.5. The molecule has 3 saturated carbocycles. The molecule has 3 N–H and O–H groups in total. The average molecular weight is 540 g/mol. The fourth-order valence-corrected chi connectivity index (χ4v) is 6.08. The number of ether oxygens (including phenoxy) is 2. The third kappa shape index (κ3) is 6.48. The van der Waals surface area contributed by atoms with Crippen molar-refractivity contribution in [1.29, 1.82) is 5.26 Å². The number of carboxylic acids is 1. The molecule has 0 aliphatic heterocycles. The number of nitrogens with zero attached hydrogens (tertiary/aromatic N) is 1. The summed E-state index contributed by atoms with van der Waals surface area (Å²) in [5.74, 6) is -0.952. The number of amides is 2. The highest BCUT2D eigenvalue weighted by Gasteiger charge is 2.39. The molecular weight excluding hydrogens is 498 g/mol. The van der Waals surface area contributed by atoms with E-state index < -0.39 is 11.4 Å². The molecule has 212 valence electrons. The maximum absolute atomic E-state index is 13.5. The highest BCUT2D eigenvalue weighted by molar-refractivity contribution is 5.98. The number of nitriles is 1. The summed E-state index contributed by atoms with van der Waals surface area (Å²) in [5.41, 5.74) is -0.111. The maximum Gasteiger partial charge on any atom is 0.309 e. The quantitative estimate of drug-likeness (QED) is 0.418. The Morgan fingerprint density at radius 1 is 1.03 bits per heavy atom. The molecule has 0 heterocycles. The fraction of sp³-hybridized carbons (Fsp3) is 0.667. The zero-order valence-electron chi connectivity index (χ0n) is 23.3. The Morgan fingerprint density at radius 2 is 1.72 bits per heavy atom. The molecular formula is C30H41N3O6. The van der Waals surface area contributed by atoms with Gasteiger partial charge in [-0.05, 0) is 69.8 Å². The first kappa shape index (κ1) is 28.7. The van der Waals surface area contributed by atoms with Crippen molar-refractivity contribution < 1.29 is 29.0 Å². The van der Waals surface area contributed by atoms with Crippen LogP contribution in [0.15, 0.2) is 12.1 Å². The summed E-state index contributed by atoms with van der Waals surface area (Å²) in [4.78, 5) is 38.2. The van der Waals surface area contributed by atoms with E-state index >= 15 is 0 Å². The second-order valence-corrected chi connectivity index (χ2v) is 12.2. The second kappa shape index (κ2) is 11.8. The van der Waals surface area contributed by atoms with E-state index in [1.165, 1.54) is 25.7 Å². The van der Waals surface area contributed by atoms with Gasteiger partial charge in [-0.3, -0.25) is 14.4 Å². The summed E-state index contributed by atoms with van der Waals surface area (Å²) in [6, 6.07) is 4.86. The van der Waals surface area contributed by atoms with Crippen LogP contribution < -0.4 is 20.1 Å². The van der Waals surface area contributed by atoms with Crippen LogP contribution in [0.3, 0.4) is 0 Å². The van der Waals surface area contributed by atoms with E-state index in [-0.39, 0.29) is 57.9 Å². The summed E-state index contributed by atoms with van der Waals surface area (Å²) >= 11 is 0. The molecule has 2 atom stereocenters. The van der Waals surface area contributed by atoms with Crippen LogP contribution in [0.1, 0.15) is 100 Å². The molecule has 0 unspecified atom stereocenters. The van der Waals surface area contributed by atoms with E-state index in [1.807, 2.05) is 0 Å². The number of benzene rings is 1. The molecule has 2 amide bonds. The number of methoxy groups -OCH3 is 1. The number of aliphatic carboxylic acids is 1. The summed E-state index contributed by atoms with van der Waals surface area (Å²) in [7, 11) is 1.44. The lowest BCUT2D eigenvalue weighted by Crippen LogP contribution is -2.50. The zero-order chi connectivity index (χ0) is 28.2. The predicted octanol–water partition coefficient (Wildman–Crippen LogP) is 4.57. The highest BCUT2D eigenvalue weighted by Crippen LogP contribution is 2.40. The predicted molar refractivity (Wildman–Crippen MR) is 145 cm³/mol. The van der Waals surface area contributed by atoms with Gasteiger partial charge in [-0.25, -0.2) is 0 Å². The smallest absolute Gasteiger partial charge is 0.309 e. The Kier molecular flexibility index (Phi) is 8.73. The number of rotatable bonds is 9. The van der Waals surface area contributed by atoms with Gasteiger partial charge in [0.1, 0.15) is 17.6 Å². The fourth-order valence-electron chi connectivity index (χ4n) is 6.08. The van der Waals surface area contributed by atoms with E-state index in [0.717, 1.165) is 32.1 Å². The molecule has 0 radical (unpaired) electrons. The molecule has 3 fully saturated rings. The van der Waals surface area contributed by atoms with Crippen LogP contribution in [0.5, 0.6) is 11.5 Å². The van der Waals surface area contributed by atoms with E-state index in [9.17, 15) is 24.8 Å². The standard InChI is InChI=1S/C30H41N3O6/c1-29(11-6-12-29)18-32-26(34)21-7-4-5-8-23(21)33-27(35)22-16-24(19(17-31)15-25(22)38-3)39-20-9-13-30(2,14-10-20)28(36)37/h15-16,20-21,23H,4-14,18H2,1-3H3,(H,32,34)(H,33,35)(H,36,37)/t20-,21-,23+,30+/m0/s1. The van der Waals surface area contributed by atoms with Gasteiger partial charge in [0.25, 0.3) is 5.91 Å². The second-order valence-electron chi connectivity index (χ2n) is 12.2. The third-order valence-electron chi connectivity index (χ3n) is 9.18. The van der Waals surface area contributed by atoms with Crippen molar-refractivity contribution in [3.8, 4) is 17.6 Å². The Hall–Kier alpha value is -3.28. The van der Waals surface area contributed by atoms with Crippen molar-refractivity contribution in [3.63, 3.8) is 0 Å². The Morgan fingerprint density at radius 3 is 2.31 bits per heavy atom. The van der Waals surface area contributed by atoms with Crippen molar-refractivity contribution in [2.45, 2.75) is 96.6 Å². The van der Waals surface area contributed by atoms with Crippen molar-refractivity contribution in [3.05, 3.63) is 23.3 Å². The third-order valence-corrected chi connectivity index (χ3v) is 9.18. The summed E-state index contributed by atoms with van der Waals surface area (Å²) in [6.07, 6.45) is 8.55. The van der Waals surface area contributed by atoms with Crippen LogP contribution in [0.2, 0.25) is 0 Å². The van der Waals surface area contributed by atoms with Crippen molar-refractivity contribution in [2.75, 3.05) is 13.7 Å². The van der Waals surface area contributed by atoms with E-state index in [0.29, 0.717) is 38.6 Å². The van der Waals surface area contributed by atoms with E-state index in [2.05, 4.69) is 23.6 Å². The Balaban J connectivity index is 1.47. The SMILES string of the molecule is COc1cc(C#N)c(O[C@H]2CC[C@@](C)(C(=O)O)CC2)cc1C(=O)N[C@@H]1CCCC[C@@H]1C(=O)NCC1(C)CCC1. The minimum absolute atomic E-state index is 0.00500. The number of carbonyl (C=O) groups excluding carboxylic acids is 2. The molecule has 0 bridgehead atoms. The number of hydrogen-bond donors (Lipinski definition) is 3. The van der Waals surface area contributed by atoms with Crippen molar-refractivity contribution >= 4 is 17.8 Å². The van der Waals surface area contributed by atoms with Gasteiger partial charge in [-0.2, -0.15) is 5.26 Å². The molecule has 9 nitrogen and oxygen atoms in total. The molecule has 0 saturated heterocycles. The summed E-state index contributed by atoms with van der Waals surface area (Å²) < 4.78 is 11.6. The largest absolute Gasteiger partial charge is 0.496 e. The first-order valence-corrected chi connectivity index (χ1v) is 14.2. The number of carboxylic acid groups (broad SMARTS) is 1. The van der Waals surface area contributed by atoms with Gasteiger partial charge in [0.05, 0.1) is 35.7 Å². The molecule has 9 heteroatoms. The summed E-state index contributed by atoms with van der Waals surface area (Å²) in [6.45, 7) is 4.61. The van der Waals surface area contributed by atoms with E-state index in [1.54, 1.807) is 6.92 Å². The van der Waals surface area contributed by atoms with Crippen LogP contribution in [-0.2, 0) is 9.59 Å². The van der Waals surface area contributed by atoms with Crippen LogP contribution in [-0.4, -0.2) is 48.7 Å². The van der Waals surface area contributed by atoms with Gasteiger partial charge >= 0.3 is 5.97 Å². The maximum atomic E-state index is 13.5. The number of hydrogen-bond acceptors (Lipinski definition) is 6. The zero-order valence-corrected chi connectivity index (χ0v) is 23.3. The molecule has 1 aromatic rings. The lowest BCUT2D eigenvalue weighted by molar-refractivity contribution is -0.150. The first-order chi connectivity index (χ1) is 18.6. The van der Waals surface area contributed by atoms with Crippen molar-refractivity contribution in [1.82, 2.24) is 10.6 Å². The van der Waals surface area contributed by atoms with Gasteiger partial charge in [0, 0.05) is 18.7 Å². The van der Waals surface area contributed by atoms with Gasteiger partial charge in [-0.1, -0.05) is 26.2 Å². The molecule has 4 rings (SSSR count). The lowest BCUT2D eigenvalue weighted by Gasteiger charge is -2.39. The van der Waals surface area contributed by atoms with Gasteiger partial charge in [0.2, 0.25) is 5.91 Å². The molecule has 1 aromatic carbocycles. The Labute approximate surface area is 230 Å². The highest BCUT2D eigenvalue weighted by atomic mass is 16.5. The molecule has 3 aliphatic rings. The van der Waals surface area contributed by atoms with Gasteiger partial charge < -0.3 is 25.2 Å². The minimum atomic E-state index is -0.811. The average Bonchev–Trinajstić information content (AvgIpc) is 2.91. The lowest BCUT2D eigenvalue weighted by atomic mass is 9.70. The molecule has 0 aromatic heterocycles. The Bertz CT molecular complexity index is 1130. The number of carbonyl (C=O) groups is 3. The van der Waals surface area contributed by atoms with E-state index in [4.69, 9.17) is 9.47 Å². The van der Waals surface area contributed by atoms with Crippen LogP contribution in [0, 0.1) is 28.1 Å². The molecule has 0 spiro atoms. The topological polar surface area (TPSA) is 138 Å². The minimum Gasteiger partial charge on any atom is -0.496 e. The van der Waals surface area contributed by atoms with Crippen LogP contribution in [0.25, 0.3) is 0 Å². The van der Waals surface area contributed by atoms with Crippen LogP contribution in [0.4, 0.5) is 0 Å². The monoisotopic (exact) mass is 539 g/mol. The van der Waals surface area contributed by atoms with Crippen LogP contribution >= 0.6 is 0 Å². The molecule has 39 heavy (non-hydrogen) atoms. The number of nitrogens with one attached hydrogen (secondary N) is 2. The van der Waals surface area contributed by atoms with Gasteiger partial charge in [-0.15, -0.1) is 0 Å². The van der Waals surface area contributed by atoms with Crippen molar-refractivity contribution in [2.24, 2.45) is 16.7 Å².